The van der Waals surface area contributed by atoms with E-state index in [1.807, 2.05) is 12.1 Å². The molecule has 0 aromatic heterocycles. The first-order valence-electron chi connectivity index (χ1n) is 12.2. The molecule has 0 saturated heterocycles. The molecule has 0 radical (unpaired) electrons. The summed E-state index contributed by atoms with van der Waals surface area (Å²) < 4.78 is 24.1. The smallest absolute Gasteiger partial charge is 0.305 e. The second-order valence-corrected chi connectivity index (χ2v) is 9.20. The second kappa shape index (κ2) is 13.2. The van der Waals surface area contributed by atoms with Crippen LogP contribution in [0.4, 0.5) is 4.39 Å². The molecule has 1 amide bonds. The summed E-state index contributed by atoms with van der Waals surface area (Å²) in [6, 6.07) is 20.2. The van der Waals surface area contributed by atoms with Crippen LogP contribution < -0.4 is 10.1 Å². The van der Waals surface area contributed by atoms with Crippen molar-refractivity contribution in [3.63, 3.8) is 0 Å². The Morgan fingerprint density at radius 3 is 2.49 bits per heavy atom. The fraction of sp³-hybridized carbons (Fsp3) is 0.300. The number of nitriles is 1. The van der Waals surface area contributed by atoms with Gasteiger partial charge in [-0.1, -0.05) is 44.2 Å². The predicted octanol–water partition coefficient (Wildman–Crippen LogP) is 5.90. The van der Waals surface area contributed by atoms with Crippen molar-refractivity contribution >= 4 is 11.9 Å². The largest absolute Gasteiger partial charge is 0.489 e. The van der Waals surface area contributed by atoms with Gasteiger partial charge in [0.25, 0.3) is 5.91 Å². The zero-order valence-corrected chi connectivity index (χ0v) is 21.3. The third-order valence-electron chi connectivity index (χ3n) is 5.90. The number of carbonyl (C=O) groups excluding carboxylic acids is 2. The Bertz CT molecular complexity index is 1270. The highest BCUT2D eigenvalue weighted by Crippen LogP contribution is 2.24. The van der Waals surface area contributed by atoms with Crippen molar-refractivity contribution in [2.24, 2.45) is 5.92 Å². The number of methoxy groups -OCH3 is 1. The Kier molecular flexibility index (Phi) is 9.79. The molecule has 7 heteroatoms. The molecule has 1 unspecified atom stereocenters. The van der Waals surface area contributed by atoms with Gasteiger partial charge in [0.1, 0.15) is 18.2 Å². The van der Waals surface area contributed by atoms with Gasteiger partial charge in [0.05, 0.1) is 24.8 Å². The van der Waals surface area contributed by atoms with Gasteiger partial charge in [0.2, 0.25) is 0 Å². The summed E-state index contributed by atoms with van der Waals surface area (Å²) in [5.41, 5.74) is 3.22. The first kappa shape index (κ1) is 27.4. The highest BCUT2D eigenvalue weighted by molar-refractivity contribution is 5.96. The molecule has 3 aromatic carbocycles. The highest BCUT2D eigenvalue weighted by atomic mass is 19.1. The van der Waals surface area contributed by atoms with E-state index in [1.165, 1.54) is 19.2 Å². The number of hydrogen-bond acceptors (Lipinski definition) is 5. The zero-order valence-electron chi connectivity index (χ0n) is 21.3. The minimum atomic E-state index is -0.361. The topological polar surface area (TPSA) is 88.4 Å². The molecule has 1 N–H and O–H groups in total. The lowest BCUT2D eigenvalue weighted by atomic mass is 9.95. The van der Waals surface area contributed by atoms with Crippen LogP contribution in [0.3, 0.4) is 0 Å². The molecule has 3 aromatic rings. The molecule has 0 aliphatic rings. The SMILES string of the molecule is COC(=O)CCc1ccc(COc2cccc(C#N)c2)cc1C(=O)NC(CC(C)C)c1ccc(F)cc1. The van der Waals surface area contributed by atoms with E-state index in [9.17, 15) is 14.0 Å². The van der Waals surface area contributed by atoms with E-state index in [2.05, 4.69) is 25.2 Å². The van der Waals surface area contributed by atoms with Crippen LogP contribution in [0.1, 0.15) is 65.3 Å². The number of ether oxygens (including phenoxy) is 2. The summed E-state index contributed by atoms with van der Waals surface area (Å²) in [7, 11) is 1.33. The predicted molar refractivity (Wildman–Crippen MR) is 138 cm³/mol. The summed E-state index contributed by atoms with van der Waals surface area (Å²) >= 11 is 0. The minimum absolute atomic E-state index is 0.140. The quantitative estimate of drug-likeness (QED) is 0.330. The van der Waals surface area contributed by atoms with E-state index < -0.39 is 0 Å². The Balaban J connectivity index is 1.86. The van der Waals surface area contributed by atoms with Gasteiger partial charge in [-0.3, -0.25) is 9.59 Å². The lowest BCUT2D eigenvalue weighted by molar-refractivity contribution is -0.140. The van der Waals surface area contributed by atoms with E-state index in [0.717, 1.165) is 11.1 Å². The molecule has 0 aliphatic heterocycles. The van der Waals surface area contributed by atoms with Crippen LogP contribution in [0, 0.1) is 23.1 Å². The first-order valence-corrected chi connectivity index (χ1v) is 12.2. The van der Waals surface area contributed by atoms with Crippen molar-refractivity contribution in [1.82, 2.24) is 5.32 Å². The van der Waals surface area contributed by atoms with Gasteiger partial charge in [0, 0.05) is 12.0 Å². The molecule has 0 bridgehead atoms. The molecule has 6 nitrogen and oxygen atoms in total. The van der Waals surface area contributed by atoms with E-state index in [0.29, 0.717) is 35.3 Å². The highest BCUT2D eigenvalue weighted by Gasteiger charge is 2.20. The Morgan fingerprint density at radius 2 is 1.81 bits per heavy atom. The molecular weight excluding hydrogens is 471 g/mol. The van der Waals surface area contributed by atoms with Crippen molar-refractivity contribution in [2.45, 2.75) is 45.8 Å². The average molecular weight is 503 g/mol. The second-order valence-electron chi connectivity index (χ2n) is 9.20. The molecule has 0 heterocycles. The minimum Gasteiger partial charge on any atom is -0.489 e. The Morgan fingerprint density at radius 1 is 1.05 bits per heavy atom. The number of rotatable bonds is 11. The standard InChI is InChI=1S/C30H31FN2O4/c1-20(2)15-28(24-9-12-25(31)13-10-24)33-30(35)27-17-22(7-8-23(27)11-14-29(34)36-3)19-37-26-6-4-5-21(16-26)18-32/h4-10,12-13,16-17,20,28H,11,14-15,19H2,1-3H3,(H,33,35). The van der Waals surface area contributed by atoms with Gasteiger partial charge >= 0.3 is 5.97 Å². The number of nitrogens with zero attached hydrogens (tertiary/aromatic N) is 1. The lowest BCUT2D eigenvalue weighted by Crippen LogP contribution is -2.30. The molecule has 192 valence electrons. The molecule has 0 saturated carbocycles. The van der Waals surface area contributed by atoms with Crippen LogP contribution in [0.5, 0.6) is 5.75 Å². The van der Waals surface area contributed by atoms with Crippen LogP contribution in [0.15, 0.2) is 66.7 Å². The summed E-state index contributed by atoms with van der Waals surface area (Å²) in [5.74, 6) is -0.147. The van der Waals surface area contributed by atoms with E-state index in [4.69, 9.17) is 14.7 Å². The number of nitrogens with one attached hydrogen (secondary N) is 1. The molecule has 1 atom stereocenters. The maximum Gasteiger partial charge on any atom is 0.305 e. The third kappa shape index (κ3) is 8.18. The Labute approximate surface area is 217 Å². The summed E-state index contributed by atoms with van der Waals surface area (Å²) in [5, 5.41) is 12.2. The third-order valence-corrected chi connectivity index (χ3v) is 5.90. The number of carbonyl (C=O) groups is 2. The molecule has 0 spiro atoms. The van der Waals surface area contributed by atoms with Gasteiger partial charge in [-0.15, -0.1) is 0 Å². The van der Waals surface area contributed by atoms with E-state index >= 15 is 0 Å². The number of benzene rings is 3. The van der Waals surface area contributed by atoms with Gasteiger partial charge < -0.3 is 14.8 Å². The number of aryl methyl sites for hydroxylation is 1. The van der Waals surface area contributed by atoms with Crippen LogP contribution in [-0.2, 0) is 22.6 Å². The van der Waals surface area contributed by atoms with Crippen LogP contribution in [0.2, 0.25) is 0 Å². The Hall–Kier alpha value is -4.18. The first-order chi connectivity index (χ1) is 17.8. The maximum atomic E-state index is 13.5. The molecular formula is C30H31FN2O4. The fourth-order valence-corrected chi connectivity index (χ4v) is 3.98. The van der Waals surface area contributed by atoms with Gasteiger partial charge in [-0.2, -0.15) is 5.26 Å². The number of amides is 1. The summed E-state index contributed by atoms with van der Waals surface area (Å²) in [6.45, 7) is 4.31. The molecule has 0 aliphatic carbocycles. The van der Waals surface area contributed by atoms with Crippen molar-refractivity contribution < 1.29 is 23.5 Å². The van der Waals surface area contributed by atoms with Crippen LogP contribution >= 0.6 is 0 Å². The van der Waals surface area contributed by atoms with E-state index in [-0.39, 0.29) is 42.7 Å². The van der Waals surface area contributed by atoms with Gasteiger partial charge in [-0.05, 0) is 71.8 Å². The maximum absolute atomic E-state index is 13.5. The number of esters is 1. The van der Waals surface area contributed by atoms with Gasteiger partial charge in [-0.25, -0.2) is 4.39 Å². The number of halogens is 1. The van der Waals surface area contributed by atoms with Crippen molar-refractivity contribution in [2.75, 3.05) is 7.11 Å². The van der Waals surface area contributed by atoms with Crippen molar-refractivity contribution in [3.8, 4) is 11.8 Å². The van der Waals surface area contributed by atoms with Crippen LogP contribution in [0.25, 0.3) is 0 Å². The monoisotopic (exact) mass is 502 g/mol. The number of hydrogen-bond donors (Lipinski definition) is 1. The summed E-state index contributed by atoms with van der Waals surface area (Å²) in [4.78, 5) is 25.3. The van der Waals surface area contributed by atoms with Crippen LogP contribution in [-0.4, -0.2) is 19.0 Å². The molecule has 3 rings (SSSR count). The average Bonchev–Trinajstić information content (AvgIpc) is 2.90. The zero-order chi connectivity index (χ0) is 26.8. The fourth-order valence-electron chi connectivity index (χ4n) is 3.98. The van der Waals surface area contributed by atoms with Crippen molar-refractivity contribution in [1.29, 1.82) is 5.26 Å². The normalized spacial score (nSPS) is 11.5. The van der Waals surface area contributed by atoms with Crippen molar-refractivity contribution in [3.05, 3.63) is 100 Å². The molecule has 0 fully saturated rings. The van der Waals surface area contributed by atoms with E-state index in [1.54, 1.807) is 42.5 Å². The molecule has 37 heavy (non-hydrogen) atoms. The lowest BCUT2D eigenvalue weighted by Gasteiger charge is -2.22. The van der Waals surface area contributed by atoms with Gasteiger partial charge in [0.15, 0.2) is 0 Å². The summed E-state index contributed by atoms with van der Waals surface area (Å²) in [6.07, 6.45) is 1.15.